The number of benzene rings is 1. The number of carbonyl (C=O) groups excluding carboxylic acids is 1. The van der Waals surface area contributed by atoms with Gasteiger partial charge < -0.3 is 10.2 Å². The van der Waals surface area contributed by atoms with E-state index in [0.29, 0.717) is 0 Å². The molecule has 1 saturated heterocycles. The molecule has 1 atom stereocenters. The largest absolute Gasteiger partial charge is 0.369 e. The lowest BCUT2D eigenvalue weighted by atomic mass is 10.2. The molecule has 1 amide bonds. The van der Waals surface area contributed by atoms with Crippen LogP contribution >= 0.6 is 0 Å². The summed E-state index contributed by atoms with van der Waals surface area (Å²) in [6.45, 7) is 3.97. The highest BCUT2D eigenvalue weighted by Crippen LogP contribution is 2.20. The van der Waals surface area contributed by atoms with Gasteiger partial charge in [-0.2, -0.15) is 0 Å². The van der Waals surface area contributed by atoms with Gasteiger partial charge in [0.05, 0.1) is 0 Å². The monoisotopic (exact) mass is 203 g/mol. The van der Waals surface area contributed by atoms with E-state index < -0.39 is 0 Å². The molecular weight excluding hydrogens is 188 g/mol. The summed E-state index contributed by atoms with van der Waals surface area (Å²) in [7, 11) is 0. The van der Waals surface area contributed by atoms with Gasteiger partial charge in [-0.15, -0.1) is 0 Å². The molecule has 0 spiro atoms. The average molecular weight is 203 g/mol. The Hall–Kier alpha value is -1.51. The second kappa shape index (κ2) is 4.34. The molecule has 15 heavy (non-hydrogen) atoms. The molecular formula is C12H15N2O. The molecule has 1 unspecified atom stereocenters. The van der Waals surface area contributed by atoms with Crippen LogP contribution in [0.5, 0.6) is 0 Å². The molecule has 1 aromatic carbocycles. The van der Waals surface area contributed by atoms with Crippen LogP contribution in [0.15, 0.2) is 24.3 Å². The van der Waals surface area contributed by atoms with E-state index in [9.17, 15) is 4.79 Å². The average Bonchev–Trinajstić information content (AvgIpc) is 2.68. The second-order valence-corrected chi connectivity index (χ2v) is 4.01. The molecule has 0 saturated carbocycles. The standard InChI is InChI=1S/C12H15N2O/c1-10-2-4-12(5-3-10)14-7-6-11(8-14)13-9-15/h2-5,11H,6-8H2,1H3,(H,13,15). The van der Waals surface area contributed by atoms with Gasteiger partial charge in [0.25, 0.3) is 0 Å². The predicted octanol–water partition coefficient (Wildman–Crippen LogP) is 1.23. The van der Waals surface area contributed by atoms with E-state index in [2.05, 4.69) is 41.4 Å². The molecule has 0 aromatic heterocycles. The normalized spacial score (nSPS) is 20.3. The highest BCUT2D eigenvalue weighted by atomic mass is 16.1. The number of rotatable bonds is 3. The minimum absolute atomic E-state index is 0.254. The lowest BCUT2D eigenvalue weighted by Crippen LogP contribution is -2.31. The van der Waals surface area contributed by atoms with Crippen molar-refractivity contribution >= 4 is 12.1 Å². The first-order valence-corrected chi connectivity index (χ1v) is 5.24. The van der Waals surface area contributed by atoms with E-state index >= 15 is 0 Å². The minimum Gasteiger partial charge on any atom is -0.369 e. The molecule has 1 aromatic rings. The van der Waals surface area contributed by atoms with Gasteiger partial charge >= 0.3 is 6.41 Å². The van der Waals surface area contributed by atoms with Crippen molar-refractivity contribution in [1.29, 1.82) is 0 Å². The Morgan fingerprint density at radius 3 is 2.80 bits per heavy atom. The van der Waals surface area contributed by atoms with Crippen LogP contribution in [0.3, 0.4) is 0 Å². The zero-order valence-electron chi connectivity index (χ0n) is 8.86. The van der Waals surface area contributed by atoms with Crippen LogP contribution in [-0.2, 0) is 4.79 Å². The fourth-order valence-electron chi connectivity index (χ4n) is 1.95. The van der Waals surface area contributed by atoms with E-state index in [1.165, 1.54) is 11.3 Å². The van der Waals surface area contributed by atoms with E-state index in [1.807, 2.05) is 0 Å². The highest BCUT2D eigenvalue weighted by molar-refractivity contribution is 5.51. The molecule has 2 rings (SSSR count). The molecule has 0 bridgehead atoms. The zero-order valence-corrected chi connectivity index (χ0v) is 8.86. The summed E-state index contributed by atoms with van der Waals surface area (Å²) in [5, 5.41) is 2.71. The Balaban J connectivity index is 2.01. The first-order chi connectivity index (χ1) is 7.29. The highest BCUT2D eigenvalue weighted by Gasteiger charge is 2.21. The molecule has 1 radical (unpaired) electrons. The van der Waals surface area contributed by atoms with Crippen LogP contribution in [0, 0.1) is 6.92 Å². The maximum atomic E-state index is 10.2. The van der Waals surface area contributed by atoms with Crippen molar-refractivity contribution in [3.05, 3.63) is 29.8 Å². The van der Waals surface area contributed by atoms with E-state index in [-0.39, 0.29) is 6.04 Å². The van der Waals surface area contributed by atoms with E-state index in [1.54, 1.807) is 6.41 Å². The van der Waals surface area contributed by atoms with Gasteiger partial charge in [0, 0.05) is 24.8 Å². The number of amides is 1. The van der Waals surface area contributed by atoms with Crippen LogP contribution < -0.4 is 10.2 Å². The molecule has 1 aliphatic heterocycles. The second-order valence-electron chi connectivity index (χ2n) is 4.01. The molecule has 0 aliphatic carbocycles. The van der Waals surface area contributed by atoms with Gasteiger partial charge in [-0.05, 0) is 25.5 Å². The lowest BCUT2D eigenvalue weighted by Gasteiger charge is -2.18. The number of nitrogens with zero attached hydrogens (tertiary/aromatic N) is 1. The topological polar surface area (TPSA) is 32.3 Å². The van der Waals surface area contributed by atoms with Crippen molar-refractivity contribution in [2.24, 2.45) is 0 Å². The quantitative estimate of drug-likeness (QED) is 0.749. The van der Waals surface area contributed by atoms with Gasteiger partial charge in [0.2, 0.25) is 0 Å². The molecule has 1 aliphatic rings. The summed E-state index contributed by atoms with van der Waals surface area (Å²) in [6.07, 6.45) is 2.77. The first-order valence-electron chi connectivity index (χ1n) is 5.24. The van der Waals surface area contributed by atoms with E-state index in [4.69, 9.17) is 0 Å². The molecule has 3 heteroatoms. The van der Waals surface area contributed by atoms with Crippen LogP contribution in [-0.4, -0.2) is 25.5 Å². The summed E-state index contributed by atoms with van der Waals surface area (Å²) < 4.78 is 0. The number of anilines is 1. The molecule has 1 heterocycles. The van der Waals surface area contributed by atoms with Crippen LogP contribution in [0.2, 0.25) is 0 Å². The third-order valence-electron chi connectivity index (χ3n) is 2.85. The molecule has 79 valence electrons. The Morgan fingerprint density at radius 1 is 1.40 bits per heavy atom. The lowest BCUT2D eigenvalue weighted by molar-refractivity contribution is 0.525. The summed E-state index contributed by atoms with van der Waals surface area (Å²) >= 11 is 0. The summed E-state index contributed by atoms with van der Waals surface area (Å²) in [5.41, 5.74) is 2.50. The Kier molecular flexibility index (Phi) is 2.90. The van der Waals surface area contributed by atoms with Crippen molar-refractivity contribution in [1.82, 2.24) is 5.32 Å². The summed E-state index contributed by atoms with van der Waals surface area (Å²) in [4.78, 5) is 12.5. The predicted molar refractivity (Wildman–Crippen MR) is 60.6 cm³/mol. The third kappa shape index (κ3) is 2.29. The van der Waals surface area contributed by atoms with Gasteiger partial charge in [-0.25, -0.2) is 0 Å². The van der Waals surface area contributed by atoms with Crippen molar-refractivity contribution < 1.29 is 4.79 Å². The molecule has 1 fully saturated rings. The van der Waals surface area contributed by atoms with Crippen LogP contribution in [0.1, 0.15) is 12.0 Å². The number of hydrogen-bond acceptors (Lipinski definition) is 2. The maximum absolute atomic E-state index is 10.2. The van der Waals surface area contributed by atoms with Crippen LogP contribution in [0.4, 0.5) is 5.69 Å². The van der Waals surface area contributed by atoms with E-state index in [0.717, 1.165) is 19.5 Å². The number of aryl methyl sites for hydroxylation is 1. The van der Waals surface area contributed by atoms with Gasteiger partial charge in [-0.3, -0.25) is 4.79 Å². The first kappa shape index (κ1) is 10.0. The van der Waals surface area contributed by atoms with Crippen molar-refractivity contribution in [3.63, 3.8) is 0 Å². The molecule has 3 nitrogen and oxygen atoms in total. The van der Waals surface area contributed by atoms with Crippen LogP contribution in [0.25, 0.3) is 0 Å². The third-order valence-corrected chi connectivity index (χ3v) is 2.85. The van der Waals surface area contributed by atoms with Crippen molar-refractivity contribution in [2.75, 3.05) is 18.0 Å². The zero-order chi connectivity index (χ0) is 10.7. The molecule has 1 N–H and O–H groups in total. The van der Waals surface area contributed by atoms with Crippen molar-refractivity contribution in [3.8, 4) is 0 Å². The fourth-order valence-corrected chi connectivity index (χ4v) is 1.95. The summed E-state index contributed by atoms with van der Waals surface area (Å²) in [5.74, 6) is 0. The van der Waals surface area contributed by atoms with Crippen molar-refractivity contribution in [2.45, 2.75) is 19.4 Å². The van der Waals surface area contributed by atoms with Gasteiger partial charge in [0.1, 0.15) is 0 Å². The minimum atomic E-state index is 0.254. The Labute approximate surface area is 90.1 Å². The Bertz CT molecular complexity index is 334. The Morgan fingerprint density at radius 2 is 2.13 bits per heavy atom. The maximum Gasteiger partial charge on any atom is 0.309 e. The number of nitrogens with one attached hydrogen (secondary N) is 1. The van der Waals surface area contributed by atoms with Gasteiger partial charge in [-0.1, -0.05) is 17.7 Å². The number of hydrogen-bond donors (Lipinski definition) is 1. The fraction of sp³-hybridized carbons (Fsp3) is 0.417. The smallest absolute Gasteiger partial charge is 0.309 e. The van der Waals surface area contributed by atoms with Gasteiger partial charge in [0.15, 0.2) is 0 Å². The SMILES string of the molecule is Cc1ccc(N2CCC(N[C]=O)C2)cc1. The summed E-state index contributed by atoms with van der Waals surface area (Å²) in [6, 6.07) is 8.73.